The fourth-order valence-electron chi connectivity index (χ4n) is 2.09. The third-order valence-corrected chi connectivity index (χ3v) is 3.02. The van der Waals surface area contributed by atoms with Crippen molar-refractivity contribution in [1.82, 2.24) is 10.6 Å². The summed E-state index contributed by atoms with van der Waals surface area (Å²) >= 11 is 0. The highest BCUT2D eigenvalue weighted by Gasteiger charge is 2.30. The van der Waals surface area contributed by atoms with Crippen molar-refractivity contribution >= 4 is 11.9 Å². The molecule has 0 saturated carbocycles. The molecular weight excluding hydrogens is 264 g/mol. The molecule has 0 spiro atoms. The Balaban J connectivity index is 2.28. The molecule has 1 heterocycles. The Morgan fingerprint density at radius 3 is 2.05 bits per heavy atom. The minimum absolute atomic E-state index is 0.342. The van der Waals surface area contributed by atoms with E-state index in [0.29, 0.717) is 23.7 Å². The van der Waals surface area contributed by atoms with Gasteiger partial charge in [0.25, 0.3) is 5.91 Å². The Bertz CT molecular complexity index is 519. The van der Waals surface area contributed by atoms with E-state index < -0.39 is 12.1 Å². The second-order valence-corrected chi connectivity index (χ2v) is 4.25. The molecular formula is C13H16N2O5. The smallest absolute Gasteiger partial charge is 0.322 e. The van der Waals surface area contributed by atoms with Crippen LogP contribution < -0.4 is 24.8 Å². The molecule has 108 valence electrons. The second-order valence-electron chi connectivity index (χ2n) is 4.25. The third kappa shape index (κ3) is 2.61. The maximum atomic E-state index is 11.5. The summed E-state index contributed by atoms with van der Waals surface area (Å²) in [5.41, 5.74) is 0.793. The fourth-order valence-corrected chi connectivity index (χ4v) is 2.09. The highest BCUT2D eigenvalue weighted by molar-refractivity contribution is 6.04. The summed E-state index contributed by atoms with van der Waals surface area (Å²) in [6, 6.07) is 2.43. The van der Waals surface area contributed by atoms with Crippen LogP contribution in [0.25, 0.3) is 0 Å². The predicted molar refractivity (Wildman–Crippen MR) is 70.3 cm³/mol. The molecule has 1 fully saturated rings. The Morgan fingerprint density at radius 2 is 1.65 bits per heavy atom. The molecule has 3 amide bonds. The second kappa shape index (κ2) is 5.68. The van der Waals surface area contributed by atoms with Crippen LogP contribution in [0.3, 0.4) is 0 Å². The molecule has 1 unspecified atom stereocenters. The zero-order chi connectivity index (χ0) is 14.7. The maximum Gasteiger partial charge on any atom is 0.322 e. The topological polar surface area (TPSA) is 85.9 Å². The van der Waals surface area contributed by atoms with Crippen molar-refractivity contribution < 1.29 is 23.8 Å². The van der Waals surface area contributed by atoms with Crippen LogP contribution in [0.1, 0.15) is 5.56 Å². The number of ether oxygens (including phenoxy) is 3. The van der Waals surface area contributed by atoms with E-state index in [-0.39, 0.29) is 5.91 Å². The number of carbonyl (C=O) groups excluding carboxylic acids is 2. The molecule has 0 aromatic heterocycles. The lowest BCUT2D eigenvalue weighted by Gasteiger charge is -2.15. The van der Waals surface area contributed by atoms with Crippen molar-refractivity contribution in [3.8, 4) is 17.2 Å². The highest BCUT2D eigenvalue weighted by atomic mass is 16.5. The van der Waals surface area contributed by atoms with E-state index in [1.165, 1.54) is 21.3 Å². The van der Waals surface area contributed by atoms with Crippen LogP contribution in [-0.4, -0.2) is 39.3 Å². The number of hydrogen-bond donors (Lipinski definition) is 2. The van der Waals surface area contributed by atoms with Gasteiger partial charge in [0.2, 0.25) is 5.75 Å². The quantitative estimate of drug-likeness (QED) is 0.765. The number of carbonyl (C=O) groups is 2. The van der Waals surface area contributed by atoms with E-state index in [0.717, 1.165) is 5.56 Å². The van der Waals surface area contributed by atoms with Crippen LogP contribution >= 0.6 is 0 Å². The summed E-state index contributed by atoms with van der Waals surface area (Å²) in [5.74, 6) is 1.15. The summed E-state index contributed by atoms with van der Waals surface area (Å²) in [6.07, 6.45) is 0.342. The van der Waals surface area contributed by atoms with Gasteiger partial charge < -0.3 is 19.5 Å². The fraction of sp³-hybridized carbons (Fsp3) is 0.385. The molecule has 1 aliphatic rings. The van der Waals surface area contributed by atoms with Gasteiger partial charge in [-0.05, 0) is 17.7 Å². The predicted octanol–water partition coefficient (Wildman–Crippen LogP) is 0.463. The van der Waals surface area contributed by atoms with Gasteiger partial charge in [0.1, 0.15) is 6.04 Å². The number of hydrogen-bond acceptors (Lipinski definition) is 5. The minimum Gasteiger partial charge on any atom is -0.493 e. The number of imide groups is 1. The minimum atomic E-state index is -0.592. The zero-order valence-electron chi connectivity index (χ0n) is 11.5. The molecule has 1 aliphatic heterocycles. The Kier molecular flexibility index (Phi) is 3.97. The summed E-state index contributed by atoms with van der Waals surface area (Å²) in [4.78, 5) is 22.6. The number of urea groups is 1. The molecule has 2 rings (SSSR count). The van der Waals surface area contributed by atoms with Crippen molar-refractivity contribution in [2.24, 2.45) is 0 Å². The molecule has 0 radical (unpaired) electrons. The number of rotatable bonds is 5. The van der Waals surface area contributed by atoms with Crippen LogP contribution in [0.2, 0.25) is 0 Å². The first-order chi connectivity index (χ1) is 9.58. The molecule has 1 saturated heterocycles. The monoisotopic (exact) mass is 280 g/mol. The first kappa shape index (κ1) is 14.0. The third-order valence-electron chi connectivity index (χ3n) is 3.02. The van der Waals surface area contributed by atoms with E-state index in [9.17, 15) is 9.59 Å². The number of amides is 3. The number of methoxy groups -OCH3 is 3. The van der Waals surface area contributed by atoms with Gasteiger partial charge in [0.05, 0.1) is 21.3 Å². The molecule has 7 heteroatoms. The van der Waals surface area contributed by atoms with Gasteiger partial charge in [-0.15, -0.1) is 0 Å². The van der Waals surface area contributed by atoms with Gasteiger partial charge in [-0.2, -0.15) is 0 Å². The highest BCUT2D eigenvalue weighted by Crippen LogP contribution is 2.38. The van der Waals surface area contributed by atoms with Crippen molar-refractivity contribution in [3.05, 3.63) is 17.7 Å². The summed E-state index contributed by atoms with van der Waals surface area (Å²) in [7, 11) is 4.56. The Hall–Kier alpha value is -2.44. The Labute approximate surface area is 116 Å². The van der Waals surface area contributed by atoms with Crippen molar-refractivity contribution in [3.63, 3.8) is 0 Å². The lowest BCUT2D eigenvalue weighted by atomic mass is 10.0. The van der Waals surface area contributed by atoms with Crippen LogP contribution in [0.4, 0.5) is 4.79 Å². The van der Waals surface area contributed by atoms with E-state index in [4.69, 9.17) is 14.2 Å². The number of benzene rings is 1. The molecule has 2 N–H and O–H groups in total. The van der Waals surface area contributed by atoms with Gasteiger partial charge >= 0.3 is 6.03 Å². The van der Waals surface area contributed by atoms with Gasteiger partial charge in [-0.3, -0.25) is 10.1 Å². The lowest BCUT2D eigenvalue weighted by molar-refractivity contribution is -0.120. The van der Waals surface area contributed by atoms with E-state index in [1.807, 2.05) is 0 Å². The molecule has 7 nitrogen and oxygen atoms in total. The zero-order valence-corrected chi connectivity index (χ0v) is 11.5. The largest absolute Gasteiger partial charge is 0.493 e. The van der Waals surface area contributed by atoms with E-state index in [1.54, 1.807) is 12.1 Å². The Morgan fingerprint density at radius 1 is 1.05 bits per heavy atom. The molecule has 0 bridgehead atoms. The first-order valence-electron chi connectivity index (χ1n) is 5.99. The lowest BCUT2D eigenvalue weighted by Crippen LogP contribution is -2.31. The van der Waals surface area contributed by atoms with Crippen molar-refractivity contribution in [2.45, 2.75) is 12.5 Å². The average molecular weight is 280 g/mol. The van der Waals surface area contributed by atoms with Crippen LogP contribution in [0, 0.1) is 0 Å². The maximum absolute atomic E-state index is 11.5. The molecule has 0 aliphatic carbocycles. The van der Waals surface area contributed by atoms with Crippen molar-refractivity contribution in [2.75, 3.05) is 21.3 Å². The molecule has 1 aromatic rings. The first-order valence-corrected chi connectivity index (χ1v) is 5.99. The van der Waals surface area contributed by atoms with Gasteiger partial charge in [-0.25, -0.2) is 4.79 Å². The van der Waals surface area contributed by atoms with Gasteiger partial charge in [0, 0.05) is 6.42 Å². The van der Waals surface area contributed by atoms with Crippen molar-refractivity contribution in [1.29, 1.82) is 0 Å². The average Bonchev–Trinajstić information content (AvgIpc) is 2.75. The summed E-state index contributed by atoms with van der Waals surface area (Å²) in [5, 5.41) is 4.73. The standard InChI is InChI=1S/C13H16N2O5/c1-18-9-5-7(6-10(19-2)11(9)20-3)4-8-12(16)15-13(17)14-8/h5-6,8H,4H2,1-3H3,(H2,14,15,16,17). The SMILES string of the molecule is COc1cc(CC2NC(=O)NC2=O)cc(OC)c1OC. The summed E-state index contributed by atoms with van der Waals surface area (Å²) in [6.45, 7) is 0. The van der Waals surface area contributed by atoms with Gasteiger partial charge in [0.15, 0.2) is 11.5 Å². The van der Waals surface area contributed by atoms with Crippen LogP contribution in [-0.2, 0) is 11.2 Å². The van der Waals surface area contributed by atoms with Crippen LogP contribution in [0.5, 0.6) is 17.2 Å². The number of nitrogens with one attached hydrogen (secondary N) is 2. The van der Waals surface area contributed by atoms with Crippen LogP contribution in [0.15, 0.2) is 12.1 Å². The molecule has 1 aromatic carbocycles. The molecule has 20 heavy (non-hydrogen) atoms. The summed E-state index contributed by atoms with van der Waals surface area (Å²) < 4.78 is 15.7. The van der Waals surface area contributed by atoms with E-state index in [2.05, 4.69) is 10.6 Å². The normalized spacial score (nSPS) is 17.4. The molecule has 1 atom stereocenters. The van der Waals surface area contributed by atoms with Gasteiger partial charge in [-0.1, -0.05) is 0 Å². The van der Waals surface area contributed by atoms with E-state index >= 15 is 0 Å².